The van der Waals surface area contributed by atoms with Crippen molar-refractivity contribution in [2.45, 2.75) is 39.5 Å². The minimum atomic E-state index is 0. The zero-order valence-corrected chi connectivity index (χ0v) is 22.5. The number of benzene rings is 2. The molecule has 167 valence electrons. The number of pyridine rings is 1. The number of aromatic nitrogens is 4. The molecule has 1 aliphatic carbocycles. The van der Waals surface area contributed by atoms with Crippen LogP contribution < -0.4 is 5.73 Å². The van der Waals surface area contributed by atoms with E-state index in [0.717, 1.165) is 63.2 Å². The summed E-state index contributed by atoms with van der Waals surface area (Å²) in [5, 5.41) is 5.63. The molecule has 1 saturated carbocycles. The summed E-state index contributed by atoms with van der Waals surface area (Å²) < 4.78 is 1.95. The second kappa shape index (κ2) is 8.55. The minimum absolute atomic E-state index is 0. The van der Waals surface area contributed by atoms with E-state index in [4.69, 9.17) is 15.7 Å². The van der Waals surface area contributed by atoms with E-state index in [1.165, 1.54) is 0 Å². The first-order valence-corrected chi connectivity index (χ1v) is 11.4. The molecule has 0 bridgehead atoms. The van der Waals surface area contributed by atoms with Gasteiger partial charge >= 0.3 is 0 Å². The normalized spacial score (nSPS) is 15.3. The van der Waals surface area contributed by atoms with E-state index in [9.17, 15) is 0 Å². The molecule has 1 radical (unpaired) electrons. The van der Waals surface area contributed by atoms with Gasteiger partial charge < -0.3 is 10.7 Å². The molecule has 0 spiro atoms. The van der Waals surface area contributed by atoms with Crippen molar-refractivity contribution >= 4 is 22.1 Å². The molecule has 0 atom stereocenters. The van der Waals surface area contributed by atoms with E-state index in [-0.39, 0.29) is 32.7 Å². The summed E-state index contributed by atoms with van der Waals surface area (Å²) >= 11 is 0. The number of hydrogen-bond acceptors (Lipinski definition) is 4. The van der Waals surface area contributed by atoms with Gasteiger partial charge in [-0.1, -0.05) is 55.8 Å². The van der Waals surface area contributed by atoms with Gasteiger partial charge in [0.25, 0.3) is 0 Å². The number of anilines is 1. The predicted octanol–water partition coefficient (Wildman–Crippen LogP) is 6.20. The number of nitrogens with zero attached hydrogens (tertiary/aromatic N) is 4. The van der Waals surface area contributed by atoms with Gasteiger partial charge in [-0.25, -0.2) is 9.50 Å². The molecule has 5 nitrogen and oxygen atoms in total. The van der Waals surface area contributed by atoms with Crippen molar-refractivity contribution in [3.05, 3.63) is 78.2 Å². The van der Waals surface area contributed by atoms with E-state index in [1.807, 2.05) is 34.8 Å². The average Bonchev–Trinajstić information content (AvgIpc) is 3.18. The van der Waals surface area contributed by atoms with Crippen LogP contribution in [0.25, 0.3) is 38.9 Å². The molecule has 0 unspecified atom stereocenters. The monoisotopic (exact) mass is 521 g/mol. The standard InChI is InChI=1S/C28H26N5.Y/c1-17-21(11-9-19-10-12-23(31-24(17)19)18-7-5-4-6-8-18)25-26-22(29)13-14-30-33(26)27(32-25)20-15-28(2,3)16-20;/h4-9,11-14,20H,15-16,29H2,1-3H3;/q-1;. The smallest absolute Gasteiger partial charge is 0.134 e. The fourth-order valence-electron chi connectivity index (χ4n) is 5.25. The second-order valence-corrected chi connectivity index (χ2v) is 9.92. The van der Waals surface area contributed by atoms with Crippen molar-refractivity contribution in [2.75, 3.05) is 5.73 Å². The molecule has 1 aliphatic rings. The Morgan fingerprint density at radius 2 is 1.79 bits per heavy atom. The summed E-state index contributed by atoms with van der Waals surface area (Å²) in [7, 11) is 0. The predicted molar refractivity (Wildman–Crippen MR) is 133 cm³/mol. The summed E-state index contributed by atoms with van der Waals surface area (Å²) in [5.74, 6) is 1.40. The number of aryl methyl sites for hydroxylation is 1. The molecule has 2 N–H and O–H groups in total. The van der Waals surface area contributed by atoms with Gasteiger partial charge in [0, 0.05) is 38.6 Å². The maximum Gasteiger partial charge on any atom is 0.134 e. The minimum Gasteiger partial charge on any atom is -0.397 e. The van der Waals surface area contributed by atoms with Gasteiger partial charge in [0.2, 0.25) is 0 Å². The van der Waals surface area contributed by atoms with Gasteiger partial charge in [0.05, 0.1) is 17.6 Å². The van der Waals surface area contributed by atoms with Crippen molar-refractivity contribution < 1.29 is 32.7 Å². The van der Waals surface area contributed by atoms with Crippen LogP contribution in [-0.2, 0) is 32.7 Å². The van der Waals surface area contributed by atoms with Gasteiger partial charge in [0.15, 0.2) is 0 Å². The maximum absolute atomic E-state index is 6.46. The van der Waals surface area contributed by atoms with Crippen molar-refractivity contribution in [3.63, 3.8) is 0 Å². The fraction of sp³-hybridized carbons (Fsp3) is 0.250. The van der Waals surface area contributed by atoms with E-state index in [2.05, 4.69) is 56.2 Å². The number of rotatable bonds is 3. The number of nitrogens with two attached hydrogens (primary N) is 1. The number of imidazole rings is 1. The zero-order chi connectivity index (χ0) is 22.7. The molecule has 6 heteroatoms. The van der Waals surface area contributed by atoms with Crippen LogP contribution in [0.4, 0.5) is 5.69 Å². The molecule has 3 heterocycles. The Bertz CT molecular complexity index is 1510. The first-order chi connectivity index (χ1) is 15.9. The Kier molecular flexibility index (Phi) is 5.81. The van der Waals surface area contributed by atoms with Crippen LogP contribution in [0.2, 0.25) is 0 Å². The Morgan fingerprint density at radius 1 is 1.03 bits per heavy atom. The number of nitrogen functional groups attached to an aromatic ring is 1. The summed E-state index contributed by atoms with van der Waals surface area (Å²) in [4.78, 5) is 10.1. The van der Waals surface area contributed by atoms with Gasteiger partial charge in [-0.2, -0.15) is 5.10 Å². The SMILES string of the molecule is Cc1c(-c2nc(C3CC(C)(C)C3)n3nccc(N)c23)ccc2[c-]cc(-c3ccccc3)nc12.[Y]. The third-order valence-corrected chi connectivity index (χ3v) is 6.90. The quantitative estimate of drug-likeness (QED) is 0.287. The molecule has 34 heavy (non-hydrogen) atoms. The van der Waals surface area contributed by atoms with E-state index < -0.39 is 0 Å². The molecule has 0 saturated heterocycles. The van der Waals surface area contributed by atoms with E-state index >= 15 is 0 Å². The van der Waals surface area contributed by atoms with Crippen molar-refractivity contribution in [3.8, 4) is 22.5 Å². The van der Waals surface area contributed by atoms with Crippen LogP contribution in [-0.4, -0.2) is 19.6 Å². The van der Waals surface area contributed by atoms with Gasteiger partial charge in [-0.3, -0.25) is 0 Å². The Hall–Kier alpha value is -2.63. The molecule has 0 amide bonds. The summed E-state index contributed by atoms with van der Waals surface area (Å²) in [6, 6.07) is 21.6. The zero-order valence-electron chi connectivity index (χ0n) is 19.7. The first-order valence-electron chi connectivity index (χ1n) is 11.4. The van der Waals surface area contributed by atoms with Crippen LogP contribution in [0, 0.1) is 18.4 Å². The average molecular weight is 521 g/mol. The molecular formula is C28H26N5Y-. The number of hydrogen-bond donors (Lipinski definition) is 1. The Balaban J connectivity index is 0.00000241. The molecule has 3 aromatic heterocycles. The van der Waals surface area contributed by atoms with E-state index in [0.29, 0.717) is 17.0 Å². The second-order valence-electron chi connectivity index (χ2n) is 9.92. The Morgan fingerprint density at radius 3 is 2.53 bits per heavy atom. The third kappa shape index (κ3) is 3.75. The summed E-state index contributed by atoms with van der Waals surface area (Å²) in [5.41, 5.74) is 14.3. The first kappa shape index (κ1) is 23.1. The topological polar surface area (TPSA) is 69.1 Å². The van der Waals surface area contributed by atoms with Crippen LogP contribution in [0.3, 0.4) is 0 Å². The van der Waals surface area contributed by atoms with Crippen LogP contribution in [0.5, 0.6) is 0 Å². The van der Waals surface area contributed by atoms with Crippen LogP contribution >= 0.6 is 0 Å². The van der Waals surface area contributed by atoms with Crippen molar-refractivity contribution in [1.29, 1.82) is 0 Å². The molecule has 5 aromatic rings. The summed E-state index contributed by atoms with van der Waals surface area (Å²) in [6.07, 6.45) is 3.97. The fourth-order valence-corrected chi connectivity index (χ4v) is 5.25. The largest absolute Gasteiger partial charge is 0.397 e. The van der Waals surface area contributed by atoms with Gasteiger partial charge in [-0.05, 0) is 53.6 Å². The Labute approximate surface area is 224 Å². The van der Waals surface area contributed by atoms with Crippen molar-refractivity contribution in [2.24, 2.45) is 5.41 Å². The number of fused-ring (bicyclic) bond motifs is 2. The molecule has 6 rings (SSSR count). The molecule has 2 aromatic carbocycles. The molecular weight excluding hydrogens is 495 g/mol. The third-order valence-electron chi connectivity index (χ3n) is 6.90. The van der Waals surface area contributed by atoms with Gasteiger partial charge in [-0.15, -0.1) is 23.6 Å². The van der Waals surface area contributed by atoms with Gasteiger partial charge in [0.1, 0.15) is 11.3 Å². The van der Waals surface area contributed by atoms with Crippen LogP contribution in [0.15, 0.2) is 60.8 Å². The molecule has 0 aliphatic heterocycles. The van der Waals surface area contributed by atoms with Crippen LogP contribution in [0.1, 0.15) is 44.0 Å². The maximum atomic E-state index is 6.46. The van der Waals surface area contributed by atoms with E-state index in [1.54, 1.807) is 6.20 Å². The molecule has 1 fully saturated rings. The van der Waals surface area contributed by atoms with Crippen molar-refractivity contribution in [1.82, 2.24) is 19.6 Å². The summed E-state index contributed by atoms with van der Waals surface area (Å²) in [6.45, 7) is 6.72.